The second kappa shape index (κ2) is 7.91. The monoisotopic (exact) mass is 390 g/mol. The predicted molar refractivity (Wildman–Crippen MR) is 116 cm³/mol. The fraction of sp³-hybridized carbons (Fsp3) is 0.385. The zero-order chi connectivity index (χ0) is 20.6. The van der Waals surface area contributed by atoms with E-state index in [4.69, 9.17) is 4.74 Å². The van der Waals surface area contributed by atoms with Crippen LogP contribution in [0.3, 0.4) is 0 Å². The second-order valence-electron chi connectivity index (χ2n) is 8.82. The molecule has 3 aliphatic rings. The summed E-state index contributed by atoms with van der Waals surface area (Å²) in [6, 6.07) is 21.5. The average Bonchev–Trinajstić information content (AvgIpc) is 2.99. The van der Waals surface area contributed by atoms with Crippen LogP contribution < -0.4 is 0 Å². The molecule has 29 heavy (non-hydrogen) atoms. The molecule has 1 aromatic rings. The van der Waals surface area contributed by atoms with Gasteiger partial charge in [-0.1, -0.05) is 74.5 Å². The Balaban J connectivity index is 1.72. The van der Waals surface area contributed by atoms with Gasteiger partial charge in [0.05, 0.1) is 24.9 Å². The van der Waals surface area contributed by atoms with Crippen molar-refractivity contribution in [3.8, 4) is 11.1 Å². The molecule has 3 heteroatoms. The first-order chi connectivity index (χ1) is 13.9. The van der Waals surface area contributed by atoms with Gasteiger partial charge in [-0.25, -0.2) is 0 Å². The molecule has 3 nitrogen and oxygen atoms in total. The molecule has 1 heterocycles. The summed E-state index contributed by atoms with van der Waals surface area (Å²) in [6.07, 6.45) is 0.126. The van der Waals surface area contributed by atoms with Crippen LogP contribution >= 0.6 is 0 Å². The minimum absolute atomic E-state index is 0.0602. The van der Waals surface area contributed by atoms with Gasteiger partial charge in [0, 0.05) is 18.3 Å². The third-order valence-electron chi connectivity index (χ3n) is 6.34. The van der Waals surface area contributed by atoms with Gasteiger partial charge in [-0.15, -0.1) is 0 Å². The molecule has 0 radical (unpaired) electrons. The van der Waals surface area contributed by atoms with Gasteiger partial charge in [0.1, 0.15) is 0 Å². The number of aliphatic hydroxyl groups is 2. The van der Waals surface area contributed by atoms with Crippen LogP contribution in [0, 0.1) is 6.92 Å². The standard InChI is InChI=1S/C26H30O3/c1-17-9-10-20(25-15-22(28)14-23(16-27)29-25)13-24(17)26(2,3)21-11-18-7-5-4-6-8-19(18)12-21/h4-13,22-23,25,27-28H,14-16H2,1-3H3. The number of fused-ring (bicyclic) bond motifs is 1. The molecule has 0 spiro atoms. The van der Waals surface area contributed by atoms with E-state index < -0.39 is 6.10 Å². The van der Waals surface area contributed by atoms with Crippen LogP contribution in [0.4, 0.5) is 0 Å². The normalized spacial score (nSPS) is 22.7. The summed E-state index contributed by atoms with van der Waals surface area (Å²) in [5.74, 6) is 0. The van der Waals surface area contributed by atoms with Gasteiger partial charge in [0.2, 0.25) is 0 Å². The predicted octanol–water partition coefficient (Wildman–Crippen LogP) is 5.00. The number of benzene rings is 1. The van der Waals surface area contributed by atoms with Crippen LogP contribution in [-0.4, -0.2) is 29.0 Å². The Morgan fingerprint density at radius 2 is 1.66 bits per heavy atom. The molecule has 1 saturated heterocycles. The first kappa shape index (κ1) is 20.1. The fourth-order valence-electron chi connectivity index (χ4n) is 4.57. The molecule has 0 aromatic heterocycles. The highest BCUT2D eigenvalue weighted by Gasteiger charge is 2.31. The molecule has 0 saturated carbocycles. The minimum atomic E-state index is -0.440. The molecule has 1 aromatic carbocycles. The van der Waals surface area contributed by atoms with Gasteiger partial charge < -0.3 is 14.9 Å². The van der Waals surface area contributed by atoms with Gasteiger partial charge in [0.15, 0.2) is 0 Å². The maximum Gasteiger partial charge on any atom is 0.0854 e. The van der Waals surface area contributed by atoms with E-state index in [1.807, 2.05) is 0 Å². The summed E-state index contributed by atoms with van der Waals surface area (Å²) < 4.78 is 6.05. The first-order valence-electron chi connectivity index (χ1n) is 10.4. The quantitative estimate of drug-likeness (QED) is 0.659. The van der Waals surface area contributed by atoms with Crippen molar-refractivity contribution >= 4 is 0 Å². The number of rotatable bonds is 4. The van der Waals surface area contributed by atoms with Crippen LogP contribution in [0.25, 0.3) is 11.1 Å². The van der Waals surface area contributed by atoms with Crippen molar-refractivity contribution in [2.75, 3.05) is 6.61 Å². The molecule has 1 fully saturated rings. The third kappa shape index (κ3) is 3.95. The molecule has 4 rings (SSSR count). The lowest BCUT2D eigenvalue weighted by Gasteiger charge is -2.34. The molecule has 0 amide bonds. The van der Waals surface area contributed by atoms with E-state index in [2.05, 4.69) is 81.4 Å². The van der Waals surface area contributed by atoms with E-state index in [9.17, 15) is 10.2 Å². The first-order valence-corrected chi connectivity index (χ1v) is 10.4. The van der Waals surface area contributed by atoms with E-state index in [-0.39, 0.29) is 24.2 Å². The largest absolute Gasteiger partial charge is 0.394 e. The molecule has 152 valence electrons. The zero-order valence-electron chi connectivity index (χ0n) is 17.4. The van der Waals surface area contributed by atoms with Gasteiger partial charge >= 0.3 is 0 Å². The summed E-state index contributed by atoms with van der Waals surface area (Å²) in [5, 5.41) is 19.7. The Labute approximate surface area is 173 Å². The summed E-state index contributed by atoms with van der Waals surface area (Å²) in [6.45, 7) is 6.62. The second-order valence-corrected chi connectivity index (χ2v) is 8.82. The van der Waals surface area contributed by atoms with Gasteiger partial charge in [-0.3, -0.25) is 0 Å². The van der Waals surface area contributed by atoms with Gasteiger partial charge in [-0.05, 0) is 40.3 Å². The molecule has 2 N–H and O–H groups in total. The lowest BCUT2D eigenvalue weighted by Crippen LogP contribution is -2.33. The highest BCUT2D eigenvalue weighted by molar-refractivity contribution is 5.69. The van der Waals surface area contributed by atoms with Crippen molar-refractivity contribution in [1.82, 2.24) is 0 Å². The highest BCUT2D eigenvalue weighted by Crippen LogP contribution is 2.40. The van der Waals surface area contributed by atoms with Crippen LogP contribution in [0.5, 0.6) is 0 Å². The molecule has 2 aliphatic carbocycles. The Hall–Kier alpha value is -2.20. The average molecular weight is 391 g/mol. The maximum absolute atomic E-state index is 10.2. The summed E-state index contributed by atoms with van der Waals surface area (Å²) >= 11 is 0. The zero-order valence-corrected chi connectivity index (χ0v) is 17.4. The van der Waals surface area contributed by atoms with Crippen molar-refractivity contribution in [3.05, 3.63) is 82.9 Å². The van der Waals surface area contributed by atoms with Gasteiger partial charge in [-0.2, -0.15) is 0 Å². The molecule has 1 aliphatic heterocycles. The van der Waals surface area contributed by atoms with Crippen molar-refractivity contribution in [2.45, 2.75) is 57.3 Å². The summed E-state index contributed by atoms with van der Waals surface area (Å²) in [7, 11) is 0. The Morgan fingerprint density at radius 3 is 2.31 bits per heavy atom. The van der Waals surface area contributed by atoms with Crippen molar-refractivity contribution < 1.29 is 14.9 Å². The van der Waals surface area contributed by atoms with Crippen LogP contribution in [-0.2, 0) is 10.2 Å². The Bertz CT molecular complexity index is 931. The molecule has 3 atom stereocenters. The number of ether oxygens (including phenoxy) is 1. The highest BCUT2D eigenvalue weighted by atomic mass is 16.5. The summed E-state index contributed by atoms with van der Waals surface area (Å²) in [4.78, 5) is 0. The lowest BCUT2D eigenvalue weighted by molar-refractivity contribution is -0.113. The molecular weight excluding hydrogens is 360 g/mol. The fourth-order valence-corrected chi connectivity index (χ4v) is 4.57. The lowest BCUT2D eigenvalue weighted by atomic mass is 9.76. The minimum Gasteiger partial charge on any atom is -0.394 e. The SMILES string of the molecule is Cc1ccc(C2CC(O)CC(CO)O2)cc1C(C)(C)c1cc2cccccc-2c1. The van der Waals surface area contributed by atoms with Crippen LogP contribution in [0.1, 0.15) is 55.0 Å². The van der Waals surface area contributed by atoms with Gasteiger partial charge in [0.25, 0.3) is 0 Å². The maximum atomic E-state index is 10.2. The van der Waals surface area contributed by atoms with E-state index in [0.29, 0.717) is 12.8 Å². The van der Waals surface area contributed by atoms with E-state index in [1.165, 1.54) is 27.8 Å². The summed E-state index contributed by atoms with van der Waals surface area (Å²) in [5.41, 5.74) is 7.19. The van der Waals surface area contributed by atoms with E-state index in [0.717, 1.165) is 5.56 Å². The number of aliphatic hydroxyl groups excluding tert-OH is 2. The van der Waals surface area contributed by atoms with E-state index >= 15 is 0 Å². The Kier molecular flexibility index (Phi) is 5.48. The smallest absolute Gasteiger partial charge is 0.0854 e. The molecule has 0 bridgehead atoms. The molecule has 3 unspecified atom stereocenters. The Morgan fingerprint density at radius 1 is 0.966 bits per heavy atom. The number of aryl methyl sites for hydroxylation is 1. The number of hydrogen-bond acceptors (Lipinski definition) is 3. The molecular formula is C26H30O3. The topological polar surface area (TPSA) is 49.7 Å². The third-order valence-corrected chi connectivity index (χ3v) is 6.34. The van der Waals surface area contributed by atoms with Crippen molar-refractivity contribution in [2.24, 2.45) is 0 Å². The van der Waals surface area contributed by atoms with Crippen molar-refractivity contribution in [3.63, 3.8) is 0 Å². The van der Waals surface area contributed by atoms with Crippen LogP contribution in [0.2, 0.25) is 0 Å². The van der Waals surface area contributed by atoms with Crippen LogP contribution in [0.15, 0.2) is 60.7 Å². The van der Waals surface area contributed by atoms with E-state index in [1.54, 1.807) is 0 Å². The van der Waals surface area contributed by atoms with Crippen molar-refractivity contribution in [1.29, 1.82) is 0 Å². The number of hydrogen-bond donors (Lipinski definition) is 2.